The highest BCUT2D eigenvalue weighted by Gasteiger charge is 2.32. The molecule has 4 N–H and O–H groups in total. The van der Waals surface area contributed by atoms with Crippen LogP contribution < -0.4 is 16.0 Å². The molecule has 9 nitrogen and oxygen atoms in total. The maximum absolute atomic E-state index is 11.7. The Balaban J connectivity index is 1.79. The molecule has 1 aromatic rings. The molecule has 10 heteroatoms. The van der Waals surface area contributed by atoms with Crippen LogP contribution in [-0.4, -0.2) is 50.9 Å². The van der Waals surface area contributed by atoms with E-state index in [4.69, 9.17) is 0 Å². The molecule has 2 heterocycles. The Morgan fingerprint density at radius 1 is 1.64 bits per heavy atom. The number of rotatable bonds is 5. The molecule has 0 aliphatic carbocycles. The lowest BCUT2D eigenvalue weighted by atomic mass is 10.1. The van der Waals surface area contributed by atoms with E-state index < -0.39 is 29.5 Å². The maximum Gasteiger partial charge on any atom is 0.315 e. The fourth-order valence-corrected chi connectivity index (χ4v) is 2.31. The number of urea groups is 1. The first-order chi connectivity index (χ1) is 10.2. The van der Waals surface area contributed by atoms with Crippen LogP contribution in [0.2, 0.25) is 0 Å². The van der Waals surface area contributed by atoms with E-state index in [1.165, 1.54) is 4.68 Å². The Labute approximate surface area is 134 Å². The van der Waals surface area contributed by atoms with Gasteiger partial charge in [-0.05, 0) is 22.9 Å². The zero-order valence-electron chi connectivity index (χ0n) is 11.8. The lowest BCUT2D eigenvalue weighted by Crippen LogP contribution is -2.50. The number of hydrogen-bond acceptors (Lipinski definition) is 5. The van der Waals surface area contributed by atoms with Crippen LogP contribution in [-0.2, 0) is 16.1 Å². The fourth-order valence-electron chi connectivity index (χ4n) is 1.98. The van der Waals surface area contributed by atoms with Gasteiger partial charge in [-0.25, -0.2) is 4.79 Å². The minimum Gasteiger partial charge on any atom is -0.386 e. The van der Waals surface area contributed by atoms with Gasteiger partial charge >= 0.3 is 6.03 Å². The zero-order chi connectivity index (χ0) is 16.3. The molecular formula is C12H16BrN5O4. The Kier molecular flexibility index (Phi) is 4.81. The number of amides is 4. The van der Waals surface area contributed by atoms with Gasteiger partial charge in [0.2, 0.25) is 11.8 Å². The van der Waals surface area contributed by atoms with Crippen molar-refractivity contribution in [2.45, 2.75) is 31.5 Å². The van der Waals surface area contributed by atoms with Gasteiger partial charge in [0.15, 0.2) is 0 Å². The second kappa shape index (κ2) is 6.44. The summed E-state index contributed by atoms with van der Waals surface area (Å²) in [6.07, 6.45) is 3.21. The van der Waals surface area contributed by atoms with Crippen molar-refractivity contribution in [3.05, 3.63) is 16.9 Å². The molecule has 1 aliphatic heterocycles. The van der Waals surface area contributed by atoms with Crippen LogP contribution in [0.5, 0.6) is 0 Å². The summed E-state index contributed by atoms with van der Waals surface area (Å²) in [7, 11) is 0. The molecule has 1 saturated heterocycles. The molecule has 1 aromatic heterocycles. The van der Waals surface area contributed by atoms with E-state index in [1.54, 1.807) is 19.3 Å². The van der Waals surface area contributed by atoms with Crippen molar-refractivity contribution >= 4 is 33.8 Å². The van der Waals surface area contributed by atoms with Gasteiger partial charge in [-0.2, -0.15) is 5.10 Å². The summed E-state index contributed by atoms with van der Waals surface area (Å²) in [4.78, 5) is 34.0. The van der Waals surface area contributed by atoms with Crippen molar-refractivity contribution < 1.29 is 19.5 Å². The second-order valence-electron chi connectivity index (χ2n) is 5.35. The molecule has 0 spiro atoms. The highest BCUT2D eigenvalue weighted by molar-refractivity contribution is 9.10. The summed E-state index contributed by atoms with van der Waals surface area (Å²) >= 11 is 3.25. The number of aromatic nitrogens is 2. The normalized spacial score (nSPS) is 20.4. The summed E-state index contributed by atoms with van der Waals surface area (Å²) < 4.78 is 2.32. The molecule has 22 heavy (non-hydrogen) atoms. The minimum atomic E-state index is -1.23. The first-order valence-corrected chi connectivity index (χ1v) is 7.33. The van der Waals surface area contributed by atoms with Crippen LogP contribution in [0, 0.1) is 0 Å². The van der Waals surface area contributed by atoms with E-state index in [-0.39, 0.29) is 19.5 Å². The van der Waals surface area contributed by atoms with E-state index >= 15 is 0 Å². The van der Waals surface area contributed by atoms with Crippen molar-refractivity contribution in [1.82, 2.24) is 25.7 Å². The highest BCUT2D eigenvalue weighted by Crippen LogP contribution is 2.10. The molecule has 0 saturated carbocycles. The highest BCUT2D eigenvalue weighted by atomic mass is 79.9. The quantitative estimate of drug-likeness (QED) is 0.498. The van der Waals surface area contributed by atoms with E-state index in [2.05, 4.69) is 37.0 Å². The molecule has 0 bridgehead atoms. The number of aliphatic hydroxyl groups is 1. The monoisotopic (exact) mass is 373 g/mol. The maximum atomic E-state index is 11.7. The largest absolute Gasteiger partial charge is 0.386 e. The van der Waals surface area contributed by atoms with E-state index in [0.717, 1.165) is 4.47 Å². The number of halogens is 1. The van der Waals surface area contributed by atoms with E-state index in [1.807, 2.05) is 0 Å². The summed E-state index contributed by atoms with van der Waals surface area (Å²) in [5, 5.41) is 21.2. The van der Waals surface area contributed by atoms with Gasteiger partial charge in [-0.3, -0.25) is 19.6 Å². The Bertz CT molecular complexity index is 600. The van der Waals surface area contributed by atoms with Gasteiger partial charge in [0.1, 0.15) is 6.04 Å². The van der Waals surface area contributed by atoms with Crippen molar-refractivity contribution in [2.75, 3.05) is 6.54 Å². The molecule has 0 aromatic carbocycles. The topological polar surface area (TPSA) is 125 Å². The lowest BCUT2D eigenvalue weighted by molar-refractivity contribution is -0.125. The second-order valence-corrected chi connectivity index (χ2v) is 6.26. The SMILES string of the molecule is CC(O)(CNC(=O)NC1CC(=O)NC1=O)Cn1cc(Br)cn1. The molecule has 2 atom stereocenters. The third-order valence-corrected chi connectivity index (χ3v) is 3.42. The summed E-state index contributed by atoms with van der Waals surface area (Å²) in [5.41, 5.74) is -1.23. The molecular weight excluding hydrogens is 358 g/mol. The van der Waals surface area contributed by atoms with E-state index in [0.29, 0.717) is 0 Å². The van der Waals surface area contributed by atoms with Crippen LogP contribution in [0.15, 0.2) is 16.9 Å². The Morgan fingerprint density at radius 3 is 2.91 bits per heavy atom. The van der Waals surface area contributed by atoms with Crippen molar-refractivity contribution in [3.63, 3.8) is 0 Å². The van der Waals surface area contributed by atoms with Gasteiger partial charge in [-0.1, -0.05) is 0 Å². The number of nitrogens with one attached hydrogen (secondary N) is 3. The van der Waals surface area contributed by atoms with Gasteiger partial charge in [-0.15, -0.1) is 0 Å². The fraction of sp³-hybridized carbons (Fsp3) is 0.500. The number of carbonyl (C=O) groups excluding carboxylic acids is 3. The van der Waals surface area contributed by atoms with Crippen molar-refractivity contribution in [3.8, 4) is 0 Å². The Morgan fingerprint density at radius 2 is 2.36 bits per heavy atom. The van der Waals surface area contributed by atoms with E-state index in [9.17, 15) is 19.5 Å². The van der Waals surface area contributed by atoms with Gasteiger partial charge in [0.05, 0.1) is 29.2 Å². The summed E-state index contributed by atoms with van der Waals surface area (Å²) in [6.45, 7) is 1.69. The third-order valence-electron chi connectivity index (χ3n) is 3.01. The predicted molar refractivity (Wildman–Crippen MR) is 78.6 cm³/mol. The van der Waals surface area contributed by atoms with Crippen LogP contribution in [0.1, 0.15) is 13.3 Å². The molecule has 1 fully saturated rings. The molecule has 4 amide bonds. The third kappa shape index (κ3) is 4.53. The average Bonchev–Trinajstić information content (AvgIpc) is 2.93. The summed E-state index contributed by atoms with van der Waals surface area (Å²) in [5.74, 6) is -0.958. The number of imide groups is 1. The number of carbonyl (C=O) groups is 3. The molecule has 0 radical (unpaired) electrons. The smallest absolute Gasteiger partial charge is 0.315 e. The first kappa shape index (κ1) is 16.4. The molecule has 1 aliphatic rings. The zero-order valence-corrected chi connectivity index (χ0v) is 13.4. The Hall–Kier alpha value is -1.94. The molecule has 2 unspecified atom stereocenters. The number of hydrogen-bond donors (Lipinski definition) is 4. The molecule has 2 rings (SSSR count). The van der Waals surface area contributed by atoms with Crippen LogP contribution in [0.25, 0.3) is 0 Å². The lowest BCUT2D eigenvalue weighted by Gasteiger charge is -2.24. The van der Waals surface area contributed by atoms with Crippen LogP contribution in [0.4, 0.5) is 4.79 Å². The van der Waals surface area contributed by atoms with Crippen molar-refractivity contribution in [1.29, 1.82) is 0 Å². The first-order valence-electron chi connectivity index (χ1n) is 6.53. The van der Waals surface area contributed by atoms with Crippen molar-refractivity contribution in [2.24, 2.45) is 0 Å². The number of nitrogens with zero attached hydrogens (tertiary/aromatic N) is 2. The summed E-state index contributed by atoms with van der Waals surface area (Å²) in [6, 6.07) is -1.50. The minimum absolute atomic E-state index is 0.0431. The van der Waals surface area contributed by atoms with Crippen LogP contribution >= 0.6 is 15.9 Å². The average molecular weight is 374 g/mol. The molecule has 120 valence electrons. The van der Waals surface area contributed by atoms with Gasteiger partial charge in [0, 0.05) is 12.7 Å². The van der Waals surface area contributed by atoms with Gasteiger partial charge in [0.25, 0.3) is 0 Å². The standard InChI is InChI=1S/C12H16BrN5O4/c1-12(22,6-18-4-7(13)3-15-18)5-14-11(21)16-8-2-9(19)17-10(8)20/h3-4,8,22H,2,5-6H2,1H3,(H2,14,16,21)(H,17,19,20). The van der Waals surface area contributed by atoms with Crippen LogP contribution in [0.3, 0.4) is 0 Å². The predicted octanol–water partition coefficient (Wildman–Crippen LogP) is -0.889. The van der Waals surface area contributed by atoms with Gasteiger partial charge < -0.3 is 15.7 Å².